The standard InChI is InChI=1S/C9H18O2/c1-7(2)5-9-6-8(10)3-4-11-9/h7-10H,3-6H2,1-2H3/t8-,9+/m1/s1. The summed E-state index contributed by atoms with van der Waals surface area (Å²) in [5.74, 6) is 0.672. The summed E-state index contributed by atoms with van der Waals surface area (Å²) < 4.78 is 5.50. The highest BCUT2D eigenvalue weighted by Crippen LogP contribution is 2.19. The summed E-state index contributed by atoms with van der Waals surface area (Å²) in [6.07, 6.45) is 2.91. The third-order valence-corrected chi connectivity index (χ3v) is 2.07. The van der Waals surface area contributed by atoms with Crippen LogP contribution in [0.2, 0.25) is 0 Å². The molecule has 2 atom stereocenters. The van der Waals surface area contributed by atoms with Crippen molar-refractivity contribution in [1.82, 2.24) is 0 Å². The molecule has 0 saturated carbocycles. The lowest BCUT2D eigenvalue weighted by Gasteiger charge is -2.27. The average molecular weight is 158 g/mol. The van der Waals surface area contributed by atoms with E-state index < -0.39 is 0 Å². The molecule has 0 bridgehead atoms. The van der Waals surface area contributed by atoms with Crippen LogP contribution in [-0.2, 0) is 4.74 Å². The summed E-state index contributed by atoms with van der Waals surface area (Å²) in [6, 6.07) is 0. The third kappa shape index (κ3) is 3.21. The molecule has 1 aliphatic heterocycles. The van der Waals surface area contributed by atoms with Crippen molar-refractivity contribution in [2.45, 2.75) is 45.3 Å². The van der Waals surface area contributed by atoms with Crippen molar-refractivity contribution in [2.75, 3.05) is 6.61 Å². The molecular formula is C9H18O2. The molecule has 1 fully saturated rings. The van der Waals surface area contributed by atoms with Gasteiger partial charge in [0.25, 0.3) is 0 Å². The molecule has 1 aliphatic rings. The van der Waals surface area contributed by atoms with Crippen LogP contribution in [0.25, 0.3) is 0 Å². The van der Waals surface area contributed by atoms with E-state index in [2.05, 4.69) is 13.8 Å². The zero-order chi connectivity index (χ0) is 8.27. The van der Waals surface area contributed by atoms with E-state index in [0.29, 0.717) is 12.0 Å². The minimum Gasteiger partial charge on any atom is -0.393 e. The second-order valence-corrected chi connectivity index (χ2v) is 3.80. The number of aliphatic hydroxyl groups excluding tert-OH is 1. The number of hydrogen-bond donors (Lipinski definition) is 1. The SMILES string of the molecule is CC(C)C[C@H]1C[C@H](O)CCO1. The molecule has 0 radical (unpaired) electrons. The lowest BCUT2D eigenvalue weighted by atomic mass is 9.98. The average Bonchev–Trinajstić information content (AvgIpc) is 1.85. The first-order valence-corrected chi connectivity index (χ1v) is 4.48. The van der Waals surface area contributed by atoms with E-state index in [1.165, 1.54) is 0 Å². The fourth-order valence-corrected chi connectivity index (χ4v) is 1.55. The number of ether oxygens (including phenoxy) is 1. The van der Waals surface area contributed by atoms with Crippen molar-refractivity contribution in [1.29, 1.82) is 0 Å². The van der Waals surface area contributed by atoms with E-state index in [4.69, 9.17) is 4.74 Å². The molecule has 11 heavy (non-hydrogen) atoms. The second kappa shape index (κ2) is 4.07. The molecule has 0 aromatic carbocycles. The fourth-order valence-electron chi connectivity index (χ4n) is 1.55. The van der Waals surface area contributed by atoms with Crippen LogP contribution in [0.15, 0.2) is 0 Å². The molecule has 0 unspecified atom stereocenters. The largest absolute Gasteiger partial charge is 0.393 e. The molecule has 1 saturated heterocycles. The Labute approximate surface area is 68.6 Å². The molecule has 0 spiro atoms. The molecule has 2 heteroatoms. The van der Waals surface area contributed by atoms with Crippen molar-refractivity contribution in [2.24, 2.45) is 5.92 Å². The quantitative estimate of drug-likeness (QED) is 0.661. The zero-order valence-electron chi connectivity index (χ0n) is 7.42. The van der Waals surface area contributed by atoms with Crippen molar-refractivity contribution >= 4 is 0 Å². The van der Waals surface area contributed by atoms with Crippen LogP contribution in [0.5, 0.6) is 0 Å². The minimum atomic E-state index is -0.118. The van der Waals surface area contributed by atoms with Crippen molar-refractivity contribution in [3.63, 3.8) is 0 Å². The minimum absolute atomic E-state index is 0.118. The van der Waals surface area contributed by atoms with E-state index in [-0.39, 0.29) is 6.10 Å². The first-order valence-electron chi connectivity index (χ1n) is 4.48. The van der Waals surface area contributed by atoms with Gasteiger partial charge < -0.3 is 9.84 Å². The predicted molar refractivity (Wildman–Crippen MR) is 44.4 cm³/mol. The Morgan fingerprint density at radius 2 is 2.27 bits per heavy atom. The Balaban J connectivity index is 2.23. The maximum atomic E-state index is 9.31. The number of aliphatic hydroxyl groups is 1. The maximum absolute atomic E-state index is 9.31. The Bertz CT molecular complexity index is 110. The van der Waals surface area contributed by atoms with E-state index >= 15 is 0 Å². The lowest BCUT2D eigenvalue weighted by molar-refractivity contribution is -0.0507. The van der Waals surface area contributed by atoms with E-state index in [9.17, 15) is 5.11 Å². The molecular weight excluding hydrogens is 140 g/mol. The van der Waals surface area contributed by atoms with Gasteiger partial charge in [-0.15, -0.1) is 0 Å². The zero-order valence-corrected chi connectivity index (χ0v) is 7.42. The van der Waals surface area contributed by atoms with Gasteiger partial charge in [-0.2, -0.15) is 0 Å². The third-order valence-electron chi connectivity index (χ3n) is 2.07. The van der Waals surface area contributed by atoms with Gasteiger partial charge in [-0.3, -0.25) is 0 Å². The van der Waals surface area contributed by atoms with Crippen molar-refractivity contribution < 1.29 is 9.84 Å². The topological polar surface area (TPSA) is 29.5 Å². The molecule has 1 N–H and O–H groups in total. The van der Waals surface area contributed by atoms with E-state index in [0.717, 1.165) is 25.9 Å². The Kier molecular flexibility index (Phi) is 3.34. The van der Waals surface area contributed by atoms with Crippen LogP contribution >= 0.6 is 0 Å². The summed E-state index contributed by atoms with van der Waals surface area (Å²) in [5, 5.41) is 9.31. The van der Waals surface area contributed by atoms with Gasteiger partial charge in [-0.25, -0.2) is 0 Å². The van der Waals surface area contributed by atoms with Gasteiger partial charge in [0.1, 0.15) is 0 Å². The van der Waals surface area contributed by atoms with Crippen LogP contribution in [0.4, 0.5) is 0 Å². The van der Waals surface area contributed by atoms with Crippen LogP contribution in [0.3, 0.4) is 0 Å². The van der Waals surface area contributed by atoms with Gasteiger partial charge in [0.15, 0.2) is 0 Å². The number of rotatable bonds is 2. The Hall–Kier alpha value is -0.0800. The highest BCUT2D eigenvalue weighted by Gasteiger charge is 2.20. The molecule has 0 amide bonds. The first-order chi connectivity index (χ1) is 5.18. The van der Waals surface area contributed by atoms with Gasteiger partial charge in [0.05, 0.1) is 12.2 Å². The van der Waals surface area contributed by atoms with Gasteiger partial charge in [0.2, 0.25) is 0 Å². The van der Waals surface area contributed by atoms with Crippen molar-refractivity contribution in [3.8, 4) is 0 Å². The van der Waals surface area contributed by atoms with Crippen LogP contribution in [0.1, 0.15) is 33.1 Å². The van der Waals surface area contributed by atoms with Crippen LogP contribution < -0.4 is 0 Å². The molecule has 0 aliphatic carbocycles. The summed E-state index contributed by atoms with van der Waals surface area (Å²) in [4.78, 5) is 0. The highest BCUT2D eigenvalue weighted by molar-refractivity contribution is 4.71. The maximum Gasteiger partial charge on any atom is 0.0602 e. The summed E-state index contributed by atoms with van der Waals surface area (Å²) in [6.45, 7) is 5.10. The van der Waals surface area contributed by atoms with Crippen molar-refractivity contribution in [3.05, 3.63) is 0 Å². The normalized spacial score (nSPS) is 32.7. The van der Waals surface area contributed by atoms with Gasteiger partial charge in [0, 0.05) is 6.61 Å². The van der Waals surface area contributed by atoms with E-state index in [1.54, 1.807) is 0 Å². The predicted octanol–water partition coefficient (Wildman–Crippen LogP) is 1.57. The van der Waals surface area contributed by atoms with Gasteiger partial charge >= 0.3 is 0 Å². The molecule has 2 nitrogen and oxygen atoms in total. The molecule has 0 aromatic rings. The van der Waals surface area contributed by atoms with Gasteiger partial charge in [-0.05, 0) is 25.2 Å². The Morgan fingerprint density at radius 3 is 2.82 bits per heavy atom. The van der Waals surface area contributed by atoms with Gasteiger partial charge in [-0.1, -0.05) is 13.8 Å². The monoisotopic (exact) mass is 158 g/mol. The first kappa shape index (κ1) is 9.01. The lowest BCUT2D eigenvalue weighted by Crippen LogP contribution is -2.29. The summed E-state index contributed by atoms with van der Waals surface area (Å²) in [7, 11) is 0. The van der Waals surface area contributed by atoms with E-state index in [1.807, 2.05) is 0 Å². The highest BCUT2D eigenvalue weighted by atomic mass is 16.5. The second-order valence-electron chi connectivity index (χ2n) is 3.80. The molecule has 66 valence electrons. The summed E-state index contributed by atoms with van der Waals surface area (Å²) >= 11 is 0. The van der Waals surface area contributed by atoms with Crippen LogP contribution in [0, 0.1) is 5.92 Å². The Morgan fingerprint density at radius 1 is 1.55 bits per heavy atom. The molecule has 1 rings (SSSR count). The summed E-state index contributed by atoms with van der Waals surface area (Å²) in [5.41, 5.74) is 0. The number of hydrogen-bond acceptors (Lipinski definition) is 2. The molecule has 0 aromatic heterocycles. The molecule has 1 heterocycles. The smallest absolute Gasteiger partial charge is 0.0602 e. The fraction of sp³-hybridized carbons (Fsp3) is 1.00. The van der Waals surface area contributed by atoms with Crippen LogP contribution in [-0.4, -0.2) is 23.9 Å².